The third-order valence-electron chi connectivity index (χ3n) is 3.86. The number of carbonyl (C=O) groups is 1. The van der Waals surface area contributed by atoms with Crippen LogP contribution in [0.15, 0.2) is 48.7 Å². The monoisotopic (exact) mass is 299 g/mol. The topological polar surface area (TPSA) is 36.4 Å². The minimum Gasteiger partial charge on any atom is -0.335 e. The molecule has 1 aromatic carbocycles. The third-order valence-corrected chi connectivity index (χ3v) is 3.86. The van der Waals surface area contributed by atoms with Crippen molar-refractivity contribution in [1.82, 2.24) is 14.8 Å². The molecule has 5 heteroatoms. The first-order valence-electron chi connectivity index (χ1n) is 7.39. The molecular formula is C17H18FN3O. The Balaban J connectivity index is 1.54. The van der Waals surface area contributed by atoms with Crippen molar-refractivity contribution in [1.29, 1.82) is 0 Å². The lowest BCUT2D eigenvalue weighted by Gasteiger charge is -2.34. The van der Waals surface area contributed by atoms with Crippen molar-refractivity contribution in [2.45, 2.75) is 6.54 Å². The maximum Gasteiger partial charge on any atom is 0.272 e. The molecule has 0 atom stereocenters. The normalized spacial score (nSPS) is 15.8. The summed E-state index contributed by atoms with van der Waals surface area (Å²) in [4.78, 5) is 20.5. The second kappa shape index (κ2) is 6.66. The van der Waals surface area contributed by atoms with Crippen LogP contribution in [0.1, 0.15) is 16.1 Å². The number of hydrogen-bond donors (Lipinski definition) is 0. The van der Waals surface area contributed by atoms with Crippen LogP contribution in [-0.4, -0.2) is 46.9 Å². The van der Waals surface area contributed by atoms with Gasteiger partial charge in [-0.05, 0) is 29.8 Å². The van der Waals surface area contributed by atoms with Crippen LogP contribution in [0.5, 0.6) is 0 Å². The van der Waals surface area contributed by atoms with E-state index in [1.54, 1.807) is 30.5 Å². The summed E-state index contributed by atoms with van der Waals surface area (Å²) < 4.78 is 12.9. The Morgan fingerprint density at radius 2 is 1.77 bits per heavy atom. The van der Waals surface area contributed by atoms with Crippen LogP contribution in [0.25, 0.3) is 0 Å². The summed E-state index contributed by atoms with van der Waals surface area (Å²) in [7, 11) is 0. The van der Waals surface area contributed by atoms with Crippen molar-refractivity contribution in [2.75, 3.05) is 26.2 Å². The number of piperazine rings is 1. The quantitative estimate of drug-likeness (QED) is 0.871. The van der Waals surface area contributed by atoms with E-state index >= 15 is 0 Å². The van der Waals surface area contributed by atoms with Gasteiger partial charge in [0, 0.05) is 38.9 Å². The average Bonchev–Trinajstić information content (AvgIpc) is 2.58. The van der Waals surface area contributed by atoms with E-state index < -0.39 is 0 Å². The largest absolute Gasteiger partial charge is 0.335 e. The summed E-state index contributed by atoms with van der Waals surface area (Å²) in [6.45, 7) is 3.80. The number of hydrogen-bond acceptors (Lipinski definition) is 3. The first kappa shape index (κ1) is 14.7. The summed E-state index contributed by atoms with van der Waals surface area (Å²) >= 11 is 0. The van der Waals surface area contributed by atoms with Gasteiger partial charge in [0.1, 0.15) is 11.5 Å². The van der Waals surface area contributed by atoms with Crippen molar-refractivity contribution >= 4 is 5.91 Å². The van der Waals surface area contributed by atoms with E-state index in [-0.39, 0.29) is 11.7 Å². The second-order valence-corrected chi connectivity index (χ2v) is 5.41. The number of aromatic nitrogens is 1. The van der Waals surface area contributed by atoms with Crippen LogP contribution in [0, 0.1) is 5.82 Å². The number of carbonyl (C=O) groups excluding carboxylic acids is 1. The fraction of sp³-hybridized carbons (Fsp3) is 0.294. The Morgan fingerprint density at radius 1 is 1.05 bits per heavy atom. The number of nitrogens with zero attached hydrogens (tertiary/aromatic N) is 3. The molecule has 0 aliphatic carbocycles. The maximum absolute atomic E-state index is 12.9. The number of amides is 1. The fourth-order valence-electron chi connectivity index (χ4n) is 2.61. The summed E-state index contributed by atoms with van der Waals surface area (Å²) in [5, 5.41) is 0. The Morgan fingerprint density at radius 3 is 2.41 bits per heavy atom. The lowest BCUT2D eigenvalue weighted by molar-refractivity contribution is 0.0622. The predicted molar refractivity (Wildman–Crippen MR) is 81.8 cm³/mol. The lowest BCUT2D eigenvalue weighted by Crippen LogP contribution is -2.48. The van der Waals surface area contributed by atoms with E-state index in [2.05, 4.69) is 9.88 Å². The van der Waals surface area contributed by atoms with Gasteiger partial charge in [-0.1, -0.05) is 18.2 Å². The van der Waals surface area contributed by atoms with E-state index in [9.17, 15) is 9.18 Å². The summed E-state index contributed by atoms with van der Waals surface area (Å²) in [6, 6.07) is 11.9. The van der Waals surface area contributed by atoms with Crippen molar-refractivity contribution in [2.24, 2.45) is 0 Å². The molecule has 2 heterocycles. The van der Waals surface area contributed by atoms with Gasteiger partial charge in [-0.15, -0.1) is 0 Å². The summed E-state index contributed by atoms with van der Waals surface area (Å²) in [6.07, 6.45) is 1.64. The second-order valence-electron chi connectivity index (χ2n) is 5.41. The first-order valence-corrected chi connectivity index (χ1v) is 7.39. The highest BCUT2D eigenvalue weighted by Crippen LogP contribution is 2.11. The van der Waals surface area contributed by atoms with Crippen molar-refractivity contribution in [3.63, 3.8) is 0 Å². The van der Waals surface area contributed by atoms with Crippen molar-refractivity contribution in [3.8, 4) is 0 Å². The van der Waals surface area contributed by atoms with E-state index in [1.165, 1.54) is 12.1 Å². The molecule has 1 aliphatic rings. The molecule has 1 fully saturated rings. The average molecular weight is 299 g/mol. The van der Waals surface area contributed by atoms with Gasteiger partial charge in [0.15, 0.2) is 0 Å². The Bertz CT molecular complexity index is 622. The van der Waals surface area contributed by atoms with Crippen LogP contribution < -0.4 is 0 Å². The molecule has 114 valence electrons. The van der Waals surface area contributed by atoms with Gasteiger partial charge in [0.25, 0.3) is 5.91 Å². The van der Waals surface area contributed by atoms with Crippen molar-refractivity contribution < 1.29 is 9.18 Å². The molecule has 1 amide bonds. The van der Waals surface area contributed by atoms with E-state index in [0.29, 0.717) is 18.8 Å². The molecular weight excluding hydrogens is 281 g/mol. The Hall–Kier alpha value is -2.27. The molecule has 0 saturated carbocycles. The smallest absolute Gasteiger partial charge is 0.272 e. The van der Waals surface area contributed by atoms with Crippen LogP contribution in [0.3, 0.4) is 0 Å². The molecule has 22 heavy (non-hydrogen) atoms. The fourth-order valence-corrected chi connectivity index (χ4v) is 2.61. The van der Waals surface area contributed by atoms with Gasteiger partial charge in [-0.3, -0.25) is 14.7 Å². The molecule has 3 rings (SSSR count). The zero-order chi connectivity index (χ0) is 15.4. The molecule has 1 saturated heterocycles. The molecule has 0 bridgehead atoms. The van der Waals surface area contributed by atoms with Gasteiger partial charge in [-0.25, -0.2) is 4.39 Å². The SMILES string of the molecule is O=C(c1ccccn1)N1CCN(Cc2ccc(F)cc2)CC1. The van der Waals surface area contributed by atoms with Crippen molar-refractivity contribution in [3.05, 3.63) is 65.7 Å². The Labute approximate surface area is 129 Å². The molecule has 0 spiro atoms. The highest BCUT2D eigenvalue weighted by atomic mass is 19.1. The van der Waals surface area contributed by atoms with Gasteiger partial charge < -0.3 is 4.90 Å². The molecule has 0 N–H and O–H groups in total. The Kier molecular flexibility index (Phi) is 4.44. The number of halogens is 1. The van der Waals surface area contributed by atoms with Crippen LogP contribution in [-0.2, 0) is 6.54 Å². The standard InChI is InChI=1S/C17H18FN3O/c18-15-6-4-14(5-7-15)13-20-9-11-21(12-10-20)17(22)16-3-1-2-8-19-16/h1-8H,9-13H2. The number of benzene rings is 1. The van der Waals surface area contributed by atoms with Gasteiger partial charge in [0.05, 0.1) is 0 Å². The van der Waals surface area contributed by atoms with Gasteiger partial charge in [-0.2, -0.15) is 0 Å². The minimum atomic E-state index is -0.213. The van der Waals surface area contributed by atoms with E-state index in [4.69, 9.17) is 0 Å². The summed E-state index contributed by atoms with van der Waals surface area (Å²) in [5.74, 6) is -0.225. The maximum atomic E-state index is 12.9. The van der Waals surface area contributed by atoms with E-state index in [1.807, 2.05) is 11.0 Å². The highest BCUT2D eigenvalue weighted by molar-refractivity contribution is 5.92. The zero-order valence-electron chi connectivity index (χ0n) is 12.3. The minimum absolute atomic E-state index is 0.0120. The molecule has 1 aromatic heterocycles. The number of rotatable bonds is 3. The predicted octanol–water partition coefficient (Wildman–Crippen LogP) is 2.18. The highest BCUT2D eigenvalue weighted by Gasteiger charge is 2.22. The zero-order valence-corrected chi connectivity index (χ0v) is 12.3. The molecule has 2 aromatic rings. The first-order chi connectivity index (χ1) is 10.7. The third kappa shape index (κ3) is 3.49. The summed E-state index contributed by atoms with van der Waals surface area (Å²) in [5.41, 5.74) is 1.58. The lowest BCUT2D eigenvalue weighted by atomic mass is 10.2. The van der Waals surface area contributed by atoms with Crippen LogP contribution >= 0.6 is 0 Å². The van der Waals surface area contributed by atoms with Gasteiger partial charge in [0.2, 0.25) is 0 Å². The molecule has 4 nitrogen and oxygen atoms in total. The molecule has 0 unspecified atom stereocenters. The molecule has 1 aliphatic heterocycles. The van der Waals surface area contributed by atoms with Crippen LogP contribution in [0.2, 0.25) is 0 Å². The van der Waals surface area contributed by atoms with E-state index in [0.717, 1.165) is 25.2 Å². The number of pyridine rings is 1. The van der Waals surface area contributed by atoms with Gasteiger partial charge >= 0.3 is 0 Å². The van der Waals surface area contributed by atoms with Crippen LogP contribution in [0.4, 0.5) is 4.39 Å². The molecule has 0 radical (unpaired) electrons.